The SMILES string of the molecule is CCC(c1nnnn1Cc1cccs1)N1CCN(Cc2ccccc2)CC1. The van der Waals surface area contributed by atoms with Crippen LogP contribution in [0.4, 0.5) is 0 Å². The average molecular weight is 383 g/mol. The summed E-state index contributed by atoms with van der Waals surface area (Å²) >= 11 is 1.75. The van der Waals surface area contributed by atoms with Crippen LogP contribution in [0.1, 0.15) is 35.7 Å². The molecule has 6 nitrogen and oxygen atoms in total. The molecule has 0 spiro atoms. The molecule has 0 radical (unpaired) electrons. The zero-order valence-corrected chi connectivity index (χ0v) is 16.6. The van der Waals surface area contributed by atoms with E-state index in [1.165, 1.54) is 10.4 Å². The molecular weight excluding hydrogens is 356 g/mol. The Morgan fingerprint density at radius 1 is 1.00 bits per heavy atom. The Morgan fingerprint density at radius 2 is 1.81 bits per heavy atom. The highest BCUT2D eigenvalue weighted by atomic mass is 32.1. The van der Waals surface area contributed by atoms with Gasteiger partial charge in [0.05, 0.1) is 12.6 Å². The first-order valence-corrected chi connectivity index (χ1v) is 10.5. The van der Waals surface area contributed by atoms with Crippen LogP contribution in [0.2, 0.25) is 0 Å². The van der Waals surface area contributed by atoms with Crippen molar-refractivity contribution in [2.45, 2.75) is 32.5 Å². The van der Waals surface area contributed by atoms with E-state index in [0.717, 1.165) is 51.5 Å². The van der Waals surface area contributed by atoms with Crippen LogP contribution in [0.15, 0.2) is 47.8 Å². The smallest absolute Gasteiger partial charge is 0.168 e. The maximum absolute atomic E-state index is 4.38. The minimum absolute atomic E-state index is 0.277. The second kappa shape index (κ2) is 8.73. The van der Waals surface area contributed by atoms with Gasteiger partial charge in [-0.2, -0.15) is 0 Å². The van der Waals surface area contributed by atoms with Gasteiger partial charge in [0.15, 0.2) is 5.82 Å². The molecule has 1 aromatic carbocycles. The molecule has 0 amide bonds. The monoisotopic (exact) mass is 382 g/mol. The van der Waals surface area contributed by atoms with Gasteiger partial charge in [0, 0.05) is 37.6 Å². The number of piperazine rings is 1. The Bertz CT molecular complexity index is 808. The number of rotatable bonds is 7. The van der Waals surface area contributed by atoms with Crippen LogP contribution in [0, 0.1) is 0 Å². The maximum Gasteiger partial charge on any atom is 0.168 e. The van der Waals surface area contributed by atoms with Gasteiger partial charge in [-0.1, -0.05) is 43.3 Å². The summed E-state index contributed by atoms with van der Waals surface area (Å²) in [5, 5.41) is 14.7. The lowest BCUT2D eigenvalue weighted by Gasteiger charge is -2.38. The molecule has 1 unspecified atom stereocenters. The fourth-order valence-electron chi connectivity index (χ4n) is 3.79. The first-order valence-electron chi connectivity index (χ1n) is 9.62. The van der Waals surface area contributed by atoms with Crippen molar-refractivity contribution in [3.8, 4) is 0 Å². The Hall–Kier alpha value is -2.09. The number of tetrazole rings is 1. The first kappa shape index (κ1) is 18.3. The van der Waals surface area contributed by atoms with Gasteiger partial charge >= 0.3 is 0 Å². The van der Waals surface area contributed by atoms with Gasteiger partial charge in [0.2, 0.25) is 0 Å². The van der Waals surface area contributed by atoms with E-state index in [2.05, 4.69) is 80.1 Å². The van der Waals surface area contributed by atoms with Crippen LogP contribution in [0.3, 0.4) is 0 Å². The van der Waals surface area contributed by atoms with Crippen molar-refractivity contribution in [2.24, 2.45) is 0 Å². The van der Waals surface area contributed by atoms with Crippen molar-refractivity contribution in [1.82, 2.24) is 30.0 Å². The molecule has 1 aliphatic rings. The third-order valence-electron chi connectivity index (χ3n) is 5.23. The Morgan fingerprint density at radius 3 is 2.52 bits per heavy atom. The molecule has 1 fully saturated rings. The molecule has 27 heavy (non-hydrogen) atoms. The Labute approximate surface area is 164 Å². The van der Waals surface area contributed by atoms with Gasteiger partial charge in [-0.25, -0.2) is 4.68 Å². The molecule has 3 aromatic rings. The second-order valence-electron chi connectivity index (χ2n) is 7.00. The van der Waals surface area contributed by atoms with E-state index in [0.29, 0.717) is 0 Å². The van der Waals surface area contributed by atoms with Crippen molar-refractivity contribution >= 4 is 11.3 Å². The van der Waals surface area contributed by atoms with Crippen LogP contribution in [-0.4, -0.2) is 56.2 Å². The molecule has 142 valence electrons. The van der Waals surface area contributed by atoms with Gasteiger partial charge in [0.25, 0.3) is 0 Å². The highest BCUT2D eigenvalue weighted by Gasteiger charge is 2.28. The molecule has 0 N–H and O–H groups in total. The fraction of sp³-hybridized carbons (Fsp3) is 0.450. The van der Waals surface area contributed by atoms with E-state index >= 15 is 0 Å². The van der Waals surface area contributed by atoms with E-state index in [1.807, 2.05) is 4.68 Å². The van der Waals surface area contributed by atoms with Crippen LogP contribution < -0.4 is 0 Å². The van der Waals surface area contributed by atoms with Gasteiger partial charge in [-0.3, -0.25) is 9.80 Å². The lowest BCUT2D eigenvalue weighted by Crippen LogP contribution is -2.47. The van der Waals surface area contributed by atoms with Gasteiger partial charge < -0.3 is 0 Å². The minimum atomic E-state index is 0.277. The predicted octanol–water partition coefficient (Wildman–Crippen LogP) is 3.05. The summed E-state index contributed by atoms with van der Waals surface area (Å²) in [6, 6.07) is 15.2. The van der Waals surface area contributed by atoms with Crippen molar-refractivity contribution in [3.63, 3.8) is 0 Å². The number of hydrogen-bond acceptors (Lipinski definition) is 6. The molecule has 1 aliphatic heterocycles. The topological polar surface area (TPSA) is 50.1 Å². The number of benzene rings is 1. The second-order valence-corrected chi connectivity index (χ2v) is 8.03. The number of thiophene rings is 1. The lowest BCUT2D eigenvalue weighted by atomic mass is 10.1. The van der Waals surface area contributed by atoms with Crippen LogP contribution >= 0.6 is 11.3 Å². The number of hydrogen-bond donors (Lipinski definition) is 0. The van der Waals surface area contributed by atoms with Gasteiger partial charge in [0.1, 0.15) is 0 Å². The molecule has 7 heteroatoms. The third-order valence-corrected chi connectivity index (χ3v) is 6.09. The van der Waals surface area contributed by atoms with Gasteiger partial charge in [-0.15, -0.1) is 16.4 Å². The highest BCUT2D eigenvalue weighted by Crippen LogP contribution is 2.24. The zero-order valence-electron chi connectivity index (χ0n) is 15.7. The third kappa shape index (κ3) is 4.43. The lowest BCUT2D eigenvalue weighted by molar-refractivity contribution is 0.0844. The van der Waals surface area contributed by atoms with Crippen LogP contribution in [0.5, 0.6) is 0 Å². The summed E-state index contributed by atoms with van der Waals surface area (Å²) < 4.78 is 1.97. The molecule has 0 saturated carbocycles. The van der Waals surface area contributed by atoms with E-state index in [1.54, 1.807) is 11.3 Å². The summed E-state index contributed by atoms with van der Waals surface area (Å²) in [6.07, 6.45) is 1.02. The van der Waals surface area contributed by atoms with Crippen molar-refractivity contribution in [3.05, 3.63) is 64.1 Å². The molecule has 2 aromatic heterocycles. The molecular formula is C20H26N6S. The van der Waals surface area contributed by atoms with Gasteiger partial charge in [-0.05, 0) is 33.9 Å². The quantitative estimate of drug-likeness (QED) is 0.629. The fourth-order valence-corrected chi connectivity index (χ4v) is 4.48. The van der Waals surface area contributed by atoms with Crippen LogP contribution in [-0.2, 0) is 13.1 Å². The van der Waals surface area contributed by atoms with E-state index < -0.39 is 0 Å². The summed E-state index contributed by atoms with van der Waals surface area (Å²) in [4.78, 5) is 6.36. The van der Waals surface area contributed by atoms with Crippen molar-refractivity contribution < 1.29 is 0 Å². The summed E-state index contributed by atoms with van der Waals surface area (Å²) in [5.41, 5.74) is 1.39. The first-order chi connectivity index (χ1) is 13.3. The van der Waals surface area contributed by atoms with E-state index in [9.17, 15) is 0 Å². The van der Waals surface area contributed by atoms with Crippen LogP contribution in [0.25, 0.3) is 0 Å². The summed E-state index contributed by atoms with van der Waals surface area (Å²) in [6.45, 7) is 8.28. The normalized spacial score (nSPS) is 17.2. The van der Waals surface area contributed by atoms with Crippen molar-refractivity contribution in [1.29, 1.82) is 0 Å². The standard InChI is InChI=1S/C20H26N6S/c1-2-19(20-21-22-23-26(20)16-18-9-6-14-27-18)25-12-10-24(11-13-25)15-17-7-4-3-5-8-17/h3-9,14,19H,2,10-13,15-16H2,1H3. The summed E-state index contributed by atoms with van der Waals surface area (Å²) in [5.74, 6) is 0.988. The maximum atomic E-state index is 4.38. The van der Waals surface area contributed by atoms with Crippen molar-refractivity contribution in [2.75, 3.05) is 26.2 Å². The molecule has 3 heterocycles. The molecule has 0 bridgehead atoms. The molecule has 1 saturated heterocycles. The predicted molar refractivity (Wildman–Crippen MR) is 108 cm³/mol. The molecule has 1 atom stereocenters. The van der Waals surface area contributed by atoms with E-state index in [4.69, 9.17) is 0 Å². The molecule has 0 aliphatic carbocycles. The average Bonchev–Trinajstić information content (AvgIpc) is 3.38. The number of nitrogens with zero attached hydrogens (tertiary/aromatic N) is 6. The highest BCUT2D eigenvalue weighted by molar-refractivity contribution is 7.09. The Balaban J connectivity index is 1.39. The number of aromatic nitrogens is 4. The zero-order chi connectivity index (χ0) is 18.5. The van der Waals surface area contributed by atoms with E-state index in [-0.39, 0.29) is 6.04 Å². The minimum Gasteiger partial charge on any atom is -0.297 e. The molecule has 4 rings (SSSR count). The summed E-state index contributed by atoms with van der Waals surface area (Å²) in [7, 11) is 0. The largest absolute Gasteiger partial charge is 0.297 e. The Kier molecular flexibility index (Phi) is 5.91.